The van der Waals surface area contributed by atoms with Crippen LogP contribution >= 0.6 is 12.4 Å². The lowest BCUT2D eigenvalue weighted by Gasteiger charge is -2.26. The molecule has 6 nitrogen and oxygen atoms in total. The van der Waals surface area contributed by atoms with Gasteiger partial charge in [0.1, 0.15) is 0 Å². The van der Waals surface area contributed by atoms with Crippen molar-refractivity contribution in [2.75, 3.05) is 25.5 Å². The second-order valence-electron chi connectivity index (χ2n) is 4.71. The van der Waals surface area contributed by atoms with E-state index >= 15 is 0 Å². The first-order chi connectivity index (χ1) is 9.53. The molecule has 2 N–H and O–H groups in total. The summed E-state index contributed by atoms with van der Waals surface area (Å²) in [6.07, 6.45) is 3.24. The summed E-state index contributed by atoms with van der Waals surface area (Å²) in [6, 6.07) is 5.99. The largest absolute Gasteiger partial charge is 0.325 e. The topological polar surface area (TPSA) is 78.5 Å². The van der Waals surface area contributed by atoms with Gasteiger partial charge in [-0.15, -0.1) is 12.4 Å². The monoisotopic (exact) mass is 333 g/mol. The summed E-state index contributed by atoms with van der Waals surface area (Å²) in [6.45, 7) is 1.55. The van der Waals surface area contributed by atoms with Gasteiger partial charge >= 0.3 is 6.03 Å². The molecule has 0 bridgehead atoms. The molecule has 0 aromatic heterocycles. The Kier molecular flexibility index (Phi) is 6.44. The third-order valence-electron chi connectivity index (χ3n) is 3.33. The quantitative estimate of drug-likeness (QED) is 0.888. The lowest BCUT2D eigenvalue weighted by Crippen LogP contribution is -2.38. The molecule has 1 heterocycles. The maximum Gasteiger partial charge on any atom is 0.321 e. The Bertz CT molecular complexity index is 569. The lowest BCUT2D eigenvalue weighted by atomic mass is 10.1. The molecule has 0 unspecified atom stereocenters. The highest BCUT2D eigenvalue weighted by atomic mass is 35.5. The summed E-state index contributed by atoms with van der Waals surface area (Å²) in [5, 5.41) is 2.78. The number of benzene rings is 1. The molecule has 0 radical (unpaired) electrons. The Morgan fingerprint density at radius 2 is 1.67 bits per heavy atom. The molecule has 1 saturated heterocycles. The van der Waals surface area contributed by atoms with Gasteiger partial charge in [-0.1, -0.05) is 0 Å². The molecule has 1 aromatic carbocycles. The van der Waals surface area contributed by atoms with E-state index in [0.717, 1.165) is 25.9 Å². The van der Waals surface area contributed by atoms with Crippen LogP contribution in [-0.2, 0) is 10.0 Å². The molecule has 118 valence electrons. The zero-order valence-electron chi connectivity index (χ0n) is 11.8. The number of likely N-dealkylation sites (tertiary alicyclic amines) is 1. The van der Waals surface area contributed by atoms with E-state index in [2.05, 4.69) is 10.0 Å². The van der Waals surface area contributed by atoms with E-state index in [4.69, 9.17) is 0 Å². The highest BCUT2D eigenvalue weighted by Crippen LogP contribution is 2.15. The first kappa shape index (κ1) is 17.7. The smallest absolute Gasteiger partial charge is 0.321 e. The van der Waals surface area contributed by atoms with Crippen molar-refractivity contribution in [2.24, 2.45) is 0 Å². The summed E-state index contributed by atoms with van der Waals surface area (Å²) in [5.74, 6) is 0. The van der Waals surface area contributed by atoms with Gasteiger partial charge < -0.3 is 10.2 Å². The van der Waals surface area contributed by atoms with Crippen LogP contribution in [0.3, 0.4) is 0 Å². The van der Waals surface area contributed by atoms with Gasteiger partial charge in [-0.3, -0.25) is 0 Å². The Hall–Kier alpha value is -1.31. The summed E-state index contributed by atoms with van der Waals surface area (Å²) in [5.41, 5.74) is 0.593. The second kappa shape index (κ2) is 7.63. The first-order valence-electron chi connectivity index (χ1n) is 6.62. The predicted octanol–water partition coefficient (Wildman–Crippen LogP) is 2.03. The van der Waals surface area contributed by atoms with Gasteiger partial charge in [0.15, 0.2) is 0 Å². The molecule has 1 aromatic rings. The summed E-state index contributed by atoms with van der Waals surface area (Å²) in [4.78, 5) is 13.9. The number of nitrogens with zero attached hydrogens (tertiary/aromatic N) is 1. The van der Waals surface area contributed by atoms with E-state index in [1.54, 1.807) is 17.0 Å². The highest BCUT2D eigenvalue weighted by Gasteiger charge is 2.16. The van der Waals surface area contributed by atoms with E-state index in [1.165, 1.54) is 25.6 Å². The molecule has 0 saturated carbocycles. The number of anilines is 1. The molecule has 8 heteroatoms. The van der Waals surface area contributed by atoms with Crippen LogP contribution in [0.4, 0.5) is 10.5 Å². The fourth-order valence-electron chi connectivity index (χ4n) is 2.13. The number of piperidine rings is 1. The first-order valence-corrected chi connectivity index (χ1v) is 8.11. The summed E-state index contributed by atoms with van der Waals surface area (Å²) in [7, 11) is -2.07. The van der Waals surface area contributed by atoms with Gasteiger partial charge in [-0.05, 0) is 50.6 Å². The van der Waals surface area contributed by atoms with E-state index in [9.17, 15) is 13.2 Å². The molecule has 2 rings (SSSR count). The van der Waals surface area contributed by atoms with Gasteiger partial charge in [-0.25, -0.2) is 17.9 Å². The van der Waals surface area contributed by atoms with Crippen molar-refractivity contribution in [3.63, 3.8) is 0 Å². The molecule has 0 atom stereocenters. The Morgan fingerprint density at radius 1 is 1.10 bits per heavy atom. The number of hydrogen-bond donors (Lipinski definition) is 2. The minimum Gasteiger partial charge on any atom is -0.325 e. The summed E-state index contributed by atoms with van der Waals surface area (Å²) < 4.78 is 25.4. The van der Waals surface area contributed by atoms with Crippen molar-refractivity contribution in [3.8, 4) is 0 Å². The van der Waals surface area contributed by atoms with Gasteiger partial charge in [0, 0.05) is 18.8 Å². The number of carbonyl (C=O) groups is 1. The van der Waals surface area contributed by atoms with Crippen LogP contribution in [0.5, 0.6) is 0 Å². The van der Waals surface area contributed by atoms with Gasteiger partial charge in [0.05, 0.1) is 4.90 Å². The molecule has 2 amide bonds. The Labute approximate surface area is 131 Å². The lowest BCUT2D eigenvalue weighted by molar-refractivity contribution is 0.200. The van der Waals surface area contributed by atoms with Crippen LogP contribution in [0.15, 0.2) is 29.2 Å². The fraction of sp³-hybridized carbons (Fsp3) is 0.462. The fourth-order valence-corrected chi connectivity index (χ4v) is 2.86. The molecule has 0 aliphatic carbocycles. The zero-order chi connectivity index (χ0) is 14.6. The number of carbonyl (C=O) groups excluding carboxylic acids is 1. The standard InChI is InChI=1S/C13H19N3O3S.ClH/c1-14-20(18,19)12-7-5-11(6-8-12)15-13(17)16-9-3-2-4-10-16;/h5-8,14H,2-4,9-10H2,1H3,(H,15,17);1H. The number of rotatable bonds is 3. The van der Waals surface area contributed by atoms with Crippen molar-refractivity contribution in [1.82, 2.24) is 9.62 Å². The SMILES string of the molecule is CNS(=O)(=O)c1ccc(NC(=O)N2CCCCC2)cc1.Cl. The van der Waals surface area contributed by atoms with Crippen LogP contribution in [0.25, 0.3) is 0 Å². The molecular formula is C13H20ClN3O3S. The highest BCUT2D eigenvalue weighted by molar-refractivity contribution is 7.89. The van der Waals surface area contributed by atoms with Crippen molar-refractivity contribution in [3.05, 3.63) is 24.3 Å². The van der Waals surface area contributed by atoms with Crippen LogP contribution < -0.4 is 10.0 Å². The molecule has 21 heavy (non-hydrogen) atoms. The number of sulfonamides is 1. The average Bonchev–Trinajstić information content (AvgIpc) is 2.48. The van der Waals surface area contributed by atoms with Crippen LogP contribution in [0, 0.1) is 0 Å². The maximum absolute atomic E-state index is 12.0. The molecule has 0 spiro atoms. The number of amides is 2. The number of halogens is 1. The molecule has 1 aliphatic rings. The number of nitrogens with one attached hydrogen (secondary N) is 2. The maximum atomic E-state index is 12.0. The zero-order valence-corrected chi connectivity index (χ0v) is 13.5. The third-order valence-corrected chi connectivity index (χ3v) is 4.76. The van der Waals surface area contributed by atoms with Crippen LogP contribution in [0.2, 0.25) is 0 Å². The van der Waals surface area contributed by atoms with E-state index < -0.39 is 10.0 Å². The third kappa shape index (κ3) is 4.59. The number of hydrogen-bond acceptors (Lipinski definition) is 3. The van der Waals surface area contributed by atoms with Crippen molar-refractivity contribution in [1.29, 1.82) is 0 Å². The van der Waals surface area contributed by atoms with Gasteiger partial charge in [-0.2, -0.15) is 0 Å². The Morgan fingerprint density at radius 3 is 2.19 bits per heavy atom. The summed E-state index contributed by atoms with van der Waals surface area (Å²) >= 11 is 0. The van der Waals surface area contributed by atoms with Crippen molar-refractivity contribution >= 4 is 34.1 Å². The van der Waals surface area contributed by atoms with E-state index in [1.807, 2.05) is 0 Å². The van der Waals surface area contributed by atoms with Crippen molar-refractivity contribution < 1.29 is 13.2 Å². The average molecular weight is 334 g/mol. The number of urea groups is 1. The second-order valence-corrected chi connectivity index (χ2v) is 6.60. The van der Waals surface area contributed by atoms with Crippen LogP contribution in [-0.4, -0.2) is 39.5 Å². The normalized spacial score (nSPS) is 15.2. The minimum atomic E-state index is -3.44. The minimum absolute atomic E-state index is 0. The van der Waals surface area contributed by atoms with E-state index in [0.29, 0.717) is 5.69 Å². The molecular weight excluding hydrogens is 314 g/mol. The Balaban J connectivity index is 0.00000220. The molecule has 1 fully saturated rings. The van der Waals surface area contributed by atoms with Crippen molar-refractivity contribution in [2.45, 2.75) is 24.2 Å². The molecule has 1 aliphatic heterocycles. The predicted molar refractivity (Wildman–Crippen MR) is 84.4 cm³/mol. The van der Waals surface area contributed by atoms with E-state index in [-0.39, 0.29) is 23.3 Å². The van der Waals surface area contributed by atoms with Gasteiger partial charge in [0.25, 0.3) is 0 Å². The van der Waals surface area contributed by atoms with Crippen LogP contribution in [0.1, 0.15) is 19.3 Å². The van der Waals surface area contributed by atoms with Gasteiger partial charge in [0.2, 0.25) is 10.0 Å².